The highest BCUT2D eigenvalue weighted by Crippen LogP contribution is 2.45. The van der Waals surface area contributed by atoms with E-state index in [2.05, 4.69) is 35.7 Å². The van der Waals surface area contributed by atoms with Crippen LogP contribution < -0.4 is 0 Å². The molecule has 1 amide bonds. The lowest BCUT2D eigenvalue weighted by Crippen LogP contribution is -2.45. The van der Waals surface area contributed by atoms with Crippen molar-refractivity contribution in [2.75, 3.05) is 27.2 Å². The number of amides is 1. The van der Waals surface area contributed by atoms with Gasteiger partial charge in [-0.2, -0.15) is 0 Å². The first-order chi connectivity index (χ1) is 16.9. The van der Waals surface area contributed by atoms with Gasteiger partial charge in [-0.25, -0.2) is 4.79 Å². The number of carbonyl (C=O) groups excluding carboxylic acids is 1. The first-order valence-corrected chi connectivity index (χ1v) is 12.8. The Morgan fingerprint density at radius 1 is 0.971 bits per heavy atom. The molecule has 1 N–H and O–H groups in total. The van der Waals surface area contributed by atoms with Gasteiger partial charge >= 0.3 is 5.97 Å². The fourth-order valence-corrected chi connectivity index (χ4v) is 6.08. The Balaban J connectivity index is 1.61. The highest BCUT2D eigenvalue weighted by atomic mass is 16.4. The van der Waals surface area contributed by atoms with Crippen molar-refractivity contribution in [3.05, 3.63) is 59.7 Å². The van der Waals surface area contributed by atoms with Crippen LogP contribution in [0.1, 0.15) is 60.4 Å². The molecule has 184 valence electrons. The molecule has 1 saturated carbocycles. The summed E-state index contributed by atoms with van der Waals surface area (Å²) >= 11 is 0. The summed E-state index contributed by atoms with van der Waals surface area (Å²) in [5, 5.41) is 10.8. The predicted octanol–water partition coefficient (Wildman–Crippen LogP) is 5.22. The van der Waals surface area contributed by atoms with E-state index in [-0.39, 0.29) is 18.0 Å². The lowest BCUT2D eigenvalue weighted by atomic mass is 9.92. The summed E-state index contributed by atoms with van der Waals surface area (Å²) in [6.45, 7) is 1.75. The molecular weight excluding hydrogens is 438 g/mol. The molecular formula is C29H35N3O3. The summed E-state index contributed by atoms with van der Waals surface area (Å²) in [7, 11) is 4.20. The number of rotatable bonds is 6. The molecule has 6 heteroatoms. The van der Waals surface area contributed by atoms with E-state index in [4.69, 9.17) is 0 Å². The number of hydrogen-bond donors (Lipinski definition) is 1. The number of carboxylic acid groups (broad SMARTS) is 1. The first-order valence-electron chi connectivity index (χ1n) is 12.8. The maximum atomic E-state index is 13.6. The van der Waals surface area contributed by atoms with E-state index in [1.54, 1.807) is 12.1 Å². The smallest absolute Gasteiger partial charge is 0.335 e. The van der Waals surface area contributed by atoms with Crippen LogP contribution in [0.15, 0.2) is 48.5 Å². The van der Waals surface area contributed by atoms with E-state index in [0.29, 0.717) is 12.0 Å². The number of fused-ring (bicyclic) bond motifs is 1. The number of nitrogens with zero attached hydrogens (tertiary/aromatic N) is 3. The Kier molecular flexibility index (Phi) is 6.65. The van der Waals surface area contributed by atoms with Crippen molar-refractivity contribution in [3.8, 4) is 11.3 Å². The second-order valence-corrected chi connectivity index (χ2v) is 10.3. The fourth-order valence-electron chi connectivity index (χ4n) is 6.08. The minimum atomic E-state index is -0.944. The third-order valence-electron chi connectivity index (χ3n) is 8.00. The van der Waals surface area contributed by atoms with Crippen LogP contribution in [0.5, 0.6) is 0 Å². The zero-order valence-corrected chi connectivity index (χ0v) is 20.7. The second-order valence-electron chi connectivity index (χ2n) is 10.3. The van der Waals surface area contributed by atoms with E-state index < -0.39 is 5.97 Å². The van der Waals surface area contributed by atoms with Gasteiger partial charge < -0.3 is 19.5 Å². The van der Waals surface area contributed by atoms with Crippen molar-refractivity contribution >= 4 is 22.8 Å². The van der Waals surface area contributed by atoms with E-state index in [0.717, 1.165) is 60.9 Å². The van der Waals surface area contributed by atoms with Gasteiger partial charge in [0.05, 0.1) is 16.8 Å². The molecule has 0 spiro atoms. The Morgan fingerprint density at radius 2 is 1.66 bits per heavy atom. The molecule has 1 aliphatic carbocycles. The normalized spacial score (nSPS) is 17.5. The van der Waals surface area contributed by atoms with Crippen LogP contribution in [0.3, 0.4) is 0 Å². The van der Waals surface area contributed by atoms with E-state index in [1.807, 2.05) is 29.2 Å². The summed E-state index contributed by atoms with van der Waals surface area (Å²) in [4.78, 5) is 29.7. The lowest BCUT2D eigenvalue weighted by molar-refractivity contribution is -0.133. The van der Waals surface area contributed by atoms with Crippen molar-refractivity contribution in [3.63, 3.8) is 0 Å². The molecule has 35 heavy (non-hydrogen) atoms. The number of carbonyl (C=O) groups is 2. The molecule has 2 heterocycles. The van der Waals surface area contributed by atoms with E-state index in [9.17, 15) is 14.7 Å². The molecule has 0 atom stereocenters. The summed E-state index contributed by atoms with van der Waals surface area (Å²) in [5.41, 5.74) is 4.54. The average Bonchev–Trinajstić information content (AvgIpc) is 3.50. The van der Waals surface area contributed by atoms with Gasteiger partial charge in [-0.15, -0.1) is 0 Å². The van der Waals surface area contributed by atoms with Crippen molar-refractivity contribution in [1.82, 2.24) is 14.4 Å². The minimum absolute atomic E-state index is 0.106. The minimum Gasteiger partial charge on any atom is -0.478 e. The molecule has 1 aliphatic heterocycles. The maximum absolute atomic E-state index is 13.6. The number of hydrogen-bond acceptors (Lipinski definition) is 3. The standard InChI is InChI=1S/C29H35N3O3/c1-30(2)23-14-16-31(17-15-23)26(33)19-32-25-18-22(29(34)35)12-13-24(25)27(20-8-6-7-9-20)28(32)21-10-4-3-5-11-21/h3-5,10-13,18,20,23H,6-9,14-17,19H2,1-2H3,(H,34,35). The van der Waals surface area contributed by atoms with Crippen molar-refractivity contribution < 1.29 is 14.7 Å². The average molecular weight is 474 g/mol. The SMILES string of the molecule is CN(C)C1CCN(C(=O)Cn2c(-c3ccccc3)c(C3CCCC3)c3ccc(C(=O)O)cc32)CC1. The highest BCUT2D eigenvalue weighted by Gasteiger charge is 2.30. The monoisotopic (exact) mass is 473 g/mol. The third kappa shape index (κ3) is 4.59. The molecule has 0 radical (unpaired) electrons. The van der Waals surface area contributed by atoms with Crippen LogP contribution in [0.2, 0.25) is 0 Å². The molecule has 0 bridgehead atoms. The largest absolute Gasteiger partial charge is 0.478 e. The van der Waals surface area contributed by atoms with Gasteiger partial charge in [0.1, 0.15) is 6.54 Å². The van der Waals surface area contributed by atoms with Crippen LogP contribution in [0.4, 0.5) is 0 Å². The zero-order valence-electron chi connectivity index (χ0n) is 20.7. The summed E-state index contributed by atoms with van der Waals surface area (Å²) < 4.78 is 2.10. The molecule has 2 fully saturated rings. The number of likely N-dealkylation sites (tertiary alicyclic amines) is 1. The Morgan fingerprint density at radius 3 is 2.29 bits per heavy atom. The summed E-state index contributed by atoms with van der Waals surface area (Å²) in [6, 6.07) is 16.2. The molecule has 0 unspecified atom stereocenters. The van der Waals surface area contributed by atoms with Crippen LogP contribution in [0, 0.1) is 0 Å². The van der Waals surface area contributed by atoms with Crippen LogP contribution in [0.25, 0.3) is 22.2 Å². The summed E-state index contributed by atoms with van der Waals surface area (Å²) in [5.74, 6) is -0.411. The van der Waals surface area contributed by atoms with Gasteiger partial charge in [0.25, 0.3) is 0 Å². The quantitative estimate of drug-likeness (QED) is 0.533. The third-order valence-corrected chi connectivity index (χ3v) is 8.00. The molecule has 6 nitrogen and oxygen atoms in total. The topological polar surface area (TPSA) is 65.8 Å². The number of aromatic nitrogens is 1. The van der Waals surface area contributed by atoms with Crippen LogP contribution in [-0.4, -0.2) is 64.6 Å². The van der Waals surface area contributed by atoms with Gasteiger partial charge in [-0.3, -0.25) is 4.79 Å². The van der Waals surface area contributed by atoms with E-state index >= 15 is 0 Å². The Bertz CT molecular complexity index is 1220. The fraction of sp³-hybridized carbons (Fsp3) is 0.448. The van der Waals surface area contributed by atoms with Gasteiger partial charge in [0, 0.05) is 24.5 Å². The van der Waals surface area contributed by atoms with Crippen molar-refractivity contribution in [2.45, 2.75) is 57.0 Å². The summed E-state index contributed by atoms with van der Waals surface area (Å²) in [6.07, 6.45) is 6.63. The number of piperidine rings is 1. The lowest BCUT2D eigenvalue weighted by Gasteiger charge is -2.35. The van der Waals surface area contributed by atoms with Crippen molar-refractivity contribution in [1.29, 1.82) is 0 Å². The Labute approximate surface area is 207 Å². The van der Waals surface area contributed by atoms with Crippen LogP contribution in [-0.2, 0) is 11.3 Å². The van der Waals surface area contributed by atoms with Gasteiger partial charge in [0.15, 0.2) is 0 Å². The maximum Gasteiger partial charge on any atom is 0.335 e. The van der Waals surface area contributed by atoms with Gasteiger partial charge in [-0.05, 0) is 69.0 Å². The molecule has 5 rings (SSSR count). The molecule has 2 aliphatic rings. The molecule has 3 aromatic rings. The van der Waals surface area contributed by atoms with Gasteiger partial charge in [-0.1, -0.05) is 49.2 Å². The number of aromatic carboxylic acids is 1. The molecule has 2 aromatic carbocycles. The zero-order chi connectivity index (χ0) is 24.5. The van der Waals surface area contributed by atoms with Crippen molar-refractivity contribution in [2.24, 2.45) is 0 Å². The van der Waals surface area contributed by atoms with E-state index in [1.165, 1.54) is 18.4 Å². The number of carboxylic acids is 1. The molecule has 1 aromatic heterocycles. The highest BCUT2D eigenvalue weighted by molar-refractivity contribution is 5.99. The number of benzene rings is 2. The first kappa shape index (κ1) is 23.6. The van der Waals surface area contributed by atoms with Gasteiger partial charge in [0.2, 0.25) is 5.91 Å². The second kappa shape index (κ2) is 9.86. The molecule has 1 saturated heterocycles. The Hall–Kier alpha value is -3.12. The predicted molar refractivity (Wildman–Crippen MR) is 139 cm³/mol. The van der Waals surface area contributed by atoms with Crippen LogP contribution >= 0.6 is 0 Å².